The predicted molar refractivity (Wildman–Crippen MR) is 66.1 cm³/mol. The molecule has 7 heteroatoms. The molecule has 6 nitrogen and oxygen atoms in total. The molecule has 0 aromatic heterocycles. The third kappa shape index (κ3) is 4.10. The van der Waals surface area contributed by atoms with Crippen LogP contribution in [0.1, 0.15) is 12.5 Å². The van der Waals surface area contributed by atoms with E-state index in [4.69, 9.17) is 9.88 Å². The summed E-state index contributed by atoms with van der Waals surface area (Å²) in [6.45, 7) is 1.84. The number of primary sulfonamides is 1. The Morgan fingerprint density at radius 3 is 2.72 bits per heavy atom. The van der Waals surface area contributed by atoms with Crippen molar-refractivity contribution < 1.29 is 17.9 Å². The normalized spacial score (nSPS) is 13.1. The number of hydrogen-bond donors (Lipinski definition) is 2. The van der Waals surface area contributed by atoms with E-state index >= 15 is 0 Å². The average Bonchev–Trinajstić information content (AvgIpc) is 2.34. The maximum Gasteiger partial charge on any atom is 0.249 e. The fourth-order valence-corrected chi connectivity index (χ4v) is 1.86. The van der Waals surface area contributed by atoms with Crippen LogP contribution in [-0.2, 0) is 26.1 Å². The van der Waals surface area contributed by atoms with Crippen LogP contribution < -0.4 is 10.5 Å². The minimum Gasteiger partial charge on any atom is -0.372 e. The number of methoxy groups -OCH3 is 1. The number of hydrogen-bond acceptors (Lipinski definition) is 4. The molecule has 1 unspecified atom stereocenters. The molecule has 18 heavy (non-hydrogen) atoms. The van der Waals surface area contributed by atoms with E-state index in [-0.39, 0.29) is 17.3 Å². The van der Waals surface area contributed by atoms with Crippen LogP contribution in [0.2, 0.25) is 0 Å². The second kappa shape index (κ2) is 5.94. The minimum atomic E-state index is -3.72. The molecule has 0 spiro atoms. The summed E-state index contributed by atoms with van der Waals surface area (Å²) in [6.07, 6.45) is -0.550. The van der Waals surface area contributed by atoms with E-state index in [0.29, 0.717) is 5.56 Å². The summed E-state index contributed by atoms with van der Waals surface area (Å²) in [6, 6.07) is 6.10. The molecule has 0 aliphatic heterocycles. The highest BCUT2D eigenvalue weighted by molar-refractivity contribution is 7.89. The Morgan fingerprint density at radius 1 is 1.50 bits per heavy atom. The van der Waals surface area contributed by atoms with Gasteiger partial charge in [-0.3, -0.25) is 4.79 Å². The van der Waals surface area contributed by atoms with Gasteiger partial charge in [-0.25, -0.2) is 13.6 Å². The molecule has 1 aromatic rings. The number of sulfonamides is 1. The van der Waals surface area contributed by atoms with Crippen molar-refractivity contribution in [2.24, 2.45) is 5.14 Å². The van der Waals surface area contributed by atoms with Gasteiger partial charge in [-0.05, 0) is 24.6 Å². The molecule has 0 fully saturated rings. The number of rotatable bonds is 5. The van der Waals surface area contributed by atoms with Gasteiger partial charge in [-0.1, -0.05) is 12.1 Å². The molecule has 0 saturated carbocycles. The molecular formula is C11H16N2O4S. The van der Waals surface area contributed by atoms with Crippen LogP contribution >= 0.6 is 0 Å². The molecule has 1 aromatic carbocycles. The molecule has 100 valence electrons. The van der Waals surface area contributed by atoms with Crippen molar-refractivity contribution in [1.29, 1.82) is 0 Å². The lowest BCUT2D eigenvalue weighted by molar-refractivity contribution is -0.130. The number of amides is 1. The second-order valence-corrected chi connectivity index (χ2v) is 5.35. The van der Waals surface area contributed by atoms with Crippen molar-refractivity contribution in [3.05, 3.63) is 29.8 Å². The lowest BCUT2D eigenvalue weighted by atomic mass is 10.2. The van der Waals surface area contributed by atoms with Gasteiger partial charge in [0.1, 0.15) is 6.10 Å². The predicted octanol–water partition coefficient (Wildman–Crippen LogP) is -0.0149. The Bertz CT molecular complexity index is 528. The Balaban J connectivity index is 2.72. The molecule has 0 heterocycles. The average molecular weight is 272 g/mol. The van der Waals surface area contributed by atoms with Gasteiger partial charge < -0.3 is 10.1 Å². The lowest BCUT2D eigenvalue weighted by Crippen LogP contribution is -2.33. The summed E-state index contributed by atoms with van der Waals surface area (Å²) in [4.78, 5) is 11.5. The quantitative estimate of drug-likeness (QED) is 0.787. The molecule has 1 rings (SSSR count). The fourth-order valence-electron chi connectivity index (χ4n) is 1.27. The van der Waals surface area contributed by atoms with E-state index in [0.717, 1.165) is 0 Å². The first-order valence-electron chi connectivity index (χ1n) is 5.27. The van der Waals surface area contributed by atoms with Crippen LogP contribution in [0, 0.1) is 0 Å². The van der Waals surface area contributed by atoms with Crippen molar-refractivity contribution in [3.63, 3.8) is 0 Å². The maximum atomic E-state index is 11.5. The summed E-state index contributed by atoms with van der Waals surface area (Å²) in [5, 5.41) is 7.64. The van der Waals surface area contributed by atoms with Crippen LogP contribution in [0.3, 0.4) is 0 Å². The smallest absolute Gasteiger partial charge is 0.249 e. The van der Waals surface area contributed by atoms with Gasteiger partial charge in [0.15, 0.2) is 0 Å². The Hall–Kier alpha value is -1.44. The lowest BCUT2D eigenvalue weighted by Gasteiger charge is -2.10. The van der Waals surface area contributed by atoms with Crippen molar-refractivity contribution in [1.82, 2.24) is 5.32 Å². The van der Waals surface area contributed by atoms with Gasteiger partial charge in [0, 0.05) is 13.7 Å². The molecule has 3 N–H and O–H groups in total. The highest BCUT2D eigenvalue weighted by Crippen LogP contribution is 2.09. The zero-order chi connectivity index (χ0) is 13.8. The van der Waals surface area contributed by atoms with Crippen LogP contribution in [-0.4, -0.2) is 27.5 Å². The highest BCUT2D eigenvalue weighted by Gasteiger charge is 2.12. The number of carbonyl (C=O) groups excluding carboxylic acids is 1. The maximum absolute atomic E-state index is 11.5. The summed E-state index contributed by atoms with van der Waals surface area (Å²) < 4.78 is 27.1. The molecule has 0 aliphatic rings. The largest absolute Gasteiger partial charge is 0.372 e. The van der Waals surface area contributed by atoms with Crippen LogP contribution in [0.5, 0.6) is 0 Å². The van der Waals surface area contributed by atoms with Gasteiger partial charge >= 0.3 is 0 Å². The summed E-state index contributed by atoms with van der Waals surface area (Å²) in [7, 11) is -2.29. The van der Waals surface area contributed by atoms with Crippen molar-refractivity contribution in [2.75, 3.05) is 7.11 Å². The van der Waals surface area contributed by atoms with Gasteiger partial charge in [-0.15, -0.1) is 0 Å². The molecule has 1 amide bonds. The highest BCUT2D eigenvalue weighted by atomic mass is 32.2. The molecule has 0 radical (unpaired) electrons. The summed E-state index contributed by atoms with van der Waals surface area (Å²) in [5.74, 6) is -0.265. The Kier molecular flexibility index (Phi) is 4.83. The number of carbonyl (C=O) groups is 1. The number of nitrogens with two attached hydrogens (primary N) is 1. The van der Waals surface area contributed by atoms with E-state index in [1.54, 1.807) is 19.1 Å². The molecular weight excluding hydrogens is 256 g/mol. The van der Waals surface area contributed by atoms with Crippen molar-refractivity contribution in [3.8, 4) is 0 Å². The Labute approximate surface area is 106 Å². The van der Waals surface area contributed by atoms with Crippen molar-refractivity contribution in [2.45, 2.75) is 24.5 Å². The summed E-state index contributed by atoms with van der Waals surface area (Å²) in [5.41, 5.74) is 0.651. The topological polar surface area (TPSA) is 98.5 Å². The SMILES string of the molecule is COC(C)C(=O)NCc1cccc(S(N)(=O)=O)c1. The van der Waals surface area contributed by atoms with Crippen LogP contribution in [0.25, 0.3) is 0 Å². The van der Waals surface area contributed by atoms with Gasteiger partial charge in [0.2, 0.25) is 15.9 Å². The third-order valence-corrected chi connectivity index (χ3v) is 3.33. The molecule has 0 bridgehead atoms. The van der Waals surface area contributed by atoms with Crippen molar-refractivity contribution >= 4 is 15.9 Å². The van der Waals surface area contributed by atoms with Crippen LogP contribution in [0.15, 0.2) is 29.2 Å². The van der Waals surface area contributed by atoms with Gasteiger partial charge in [0.25, 0.3) is 0 Å². The Morgan fingerprint density at radius 2 is 2.17 bits per heavy atom. The third-order valence-electron chi connectivity index (χ3n) is 2.42. The molecule has 0 aliphatic carbocycles. The second-order valence-electron chi connectivity index (χ2n) is 3.79. The first-order valence-corrected chi connectivity index (χ1v) is 6.81. The fraction of sp³-hybridized carbons (Fsp3) is 0.364. The first kappa shape index (κ1) is 14.6. The monoisotopic (exact) mass is 272 g/mol. The molecule has 0 saturated heterocycles. The van der Waals surface area contributed by atoms with E-state index in [9.17, 15) is 13.2 Å². The van der Waals surface area contributed by atoms with Gasteiger partial charge in [0.05, 0.1) is 4.90 Å². The molecule has 1 atom stereocenters. The zero-order valence-electron chi connectivity index (χ0n) is 10.2. The number of ether oxygens (including phenoxy) is 1. The van der Waals surface area contributed by atoms with Gasteiger partial charge in [-0.2, -0.15) is 0 Å². The summed E-state index contributed by atoms with van der Waals surface area (Å²) >= 11 is 0. The number of nitrogens with one attached hydrogen (secondary N) is 1. The van der Waals surface area contributed by atoms with E-state index < -0.39 is 16.1 Å². The standard InChI is InChI=1S/C11H16N2O4S/c1-8(17-2)11(14)13-7-9-4-3-5-10(6-9)18(12,15)16/h3-6,8H,7H2,1-2H3,(H,13,14)(H2,12,15,16). The number of benzene rings is 1. The van der Waals surface area contributed by atoms with Crippen LogP contribution in [0.4, 0.5) is 0 Å². The van der Waals surface area contributed by atoms with E-state index in [2.05, 4.69) is 5.32 Å². The zero-order valence-corrected chi connectivity index (χ0v) is 11.0. The first-order chi connectivity index (χ1) is 8.34. The van der Waals surface area contributed by atoms with E-state index in [1.807, 2.05) is 0 Å². The minimum absolute atomic E-state index is 0.0223. The van der Waals surface area contributed by atoms with E-state index in [1.165, 1.54) is 19.2 Å².